The molecule has 0 amide bonds. The van der Waals surface area contributed by atoms with Crippen molar-refractivity contribution in [2.75, 3.05) is 5.88 Å². The Balaban J connectivity index is 2.40. The molecule has 0 radical (unpaired) electrons. The first-order valence-corrected chi connectivity index (χ1v) is 6.27. The lowest BCUT2D eigenvalue weighted by Crippen LogP contribution is -2.09. The van der Waals surface area contributed by atoms with Crippen LogP contribution in [-0.4, -0.2) is 5.88 Å². The van der Waals surface area contributed by atoms with Crippen molar-refractivity contribution in [3.8, 4) is 0 Å². The summed E-state index contributed by atoms with van der Waals surface area (Å²) in [6, 6.07) is 2.20. The summed E-state index contributed by atoms with van der Waals surface area (Å²) in [6.07, 6.45) is 2.38. The summed E-state index contributed by atoms with van der Waals surface area (Å²) in [6.45, 7) is 4.51. The zero-order valence-electron chi connectivity index (χ0n) is 8.29. The monoisotopic (exact) mass is 216 g/mol. The molecular weight excluding hydrogens is 200 g/mol. The average Bonchev–Trinajstić information content (AvgIpc) is 2.55. The summed E-state index contributed by atoms with van der Waals surface area (Å²) >= 11 is 7.70. The summed E-state index contributed by atoms with van der Waals surface area (Å²) in [7, 11) is 0. The lowest BCUT2D eigenvalue weighted by atomic mass is 9.93. The van der Waals surface area contributed by atoms with Gasteiger partial charge in [-0.25, -0.2) is 0 Å². The molecular formula is C11H17ClS. The van der Waals surface area contributed by atoms with Crippen molar-refractivity contribution in [1.29, 1.82) is 0 Å². The highest BCUT2D eigenvalue weighted by atomic mass is 35.5. The highest BCUT2D eigenvalue weighted by Crippen LogP contribution is 2.19. The zero-order chi connectivity index (χ0) is 9.68. The van der Waals surface area contributed by atoms with Crippen LogP contribution in [0.4, 0.5) is 0 Å². The number of halogens is 1. The van der Waals surface area contributed by atoms with Gasteiger partial charge in [-0.1, -0.05) is 13.8 Å². The van der Waals surface area contributed by atoms with E-state index in [2.05, 4.69) is 30.7 Å². The Labute approximate surface area is 89.9 Å². The van der Waals surface area contributed by atoms with E-state index >= 15 is 0 Å². The molecule has 0 N–H and O–H groups in total. The molecule has 1 atom stereocenters. The molecule has 0 aliphatic rings. The van der Waals surface area contributed by atoms with E-state index in [1.54, 1.807) is 11.3 Å². The highest BCUT2D eigenvalue weighted by molar-refractivity contribution is 7.07. The second-order valence-electron chi connectivity index (χ2n) is 3.99. The summed E-state index contributed by atoms with van der Waals surface area (Å²) in [5.74, 6) is 2.19. The van der Waals surface area contributed by atoms with Crippen molar-refractivity contribution in [3.05, 3.63) is 22.4 Å². The van der Waals surface area contributed by atoms with E-state index in [-0.39, 0.29) is 0 Å². The molecule has 1 aromatic rings. The molecule has 13 heavy (non-hydrogen) atoms. The second-order valence-corrected chi connectivity index (χ2v) is 5.07. The third-order valence-electron chi connectivity index (χ3n) is 2.13. The molecule has 0 nitrogen and oxygen atoms in total. The third kappa shape index (κ3) is 4.15. The molecule has 0 spiro atoms. The molecule has 0 saturated heterocycles. The van der Waals surface area contributed by atoms with Gasteiger partial charge in [-0.05, 0) is 47.1 Å². The van der Waals surface area contributed by atoms with Crippen LogP contribution in [0, 0.1) is 11.8 Å². The van der Waals surface area contributed by atoms with E-state index in [0.717, 1.165) is 18.2 Å². The molecule has 0 bridgehead atoms. The van der Waals surface area contributed by atoms with Crippen LogP contribution in [-0.2, 0) is 6.42 Å². The van der Waals surface area contributed by atoms with Crippen molar-refractivity contribution in [2.45, 2.75) is 26.7 Å². The first-order chi connectivity index (χ1) is 6.22. The summed E-state index contributed by atoms with van der Waals surface area (Å²) < 4.78 is 0. The highest BCUT2D eigenvalue weighted by Gasteiger charge is 2.10. The van der Waals surface area contributed by atoms with Gasteiger partial charge in [0.1, 0.15) is 0 Å². The Morgan fingerprint density at radius 1 is 1.46 bits per heavy atom. The van der Waals surface area contributed by atoms with Gasteiger partial charge in [-0.3, -0.25) is 0 Å². The largest absolute Gasteiger partial charge is 0.152 e. The van der Waals surface area contributed by atoms with E-state index in [4.69, 9.17) is 11.6 Å². The molecule has 0 aromatic carbocycles. The van der Waals surface area contributed by atoms with E-state index in [1.807, 2.05) is 0 Å². The molecule has 1 unspecified atom stereocenters. The second kappa shape index (κ2) is 5.66. The standard InChI is InChI=1S/C11H17ClS/c1-9(2)5-11(7-12)6-10-3-4-13-8-10/h3-4,8-9,11H,5-7H2,1-2H3. The van der Waals surface area contributed by atoms with E-state index in [9.17, 15) is 0 Å². The Morgan fingerprint density at radius 2 is 2.23 bits per heavy atom. The van der Waals surface area contributed by atoms with Crippen LogP contribution in [0.3, 0.4) is 0 Å². The van der Waals surface area contributed by atoms with Crippen LogP contribution in [0.5, 0.6) is 0 Å². The number of alkyl halides is 1. The smallest absolute Gasteiger partial charge is 0.0255 e. The summed E-state index contributed by atoms with van der Waals surface area (Å²) in [4.78, 5) is 0. The molecule has 1 aromatic heterocycles. The maximum absolute atomic E-state index is 5.93. The molecule has 2 heteroatoms. The lowest BCUT2D eigenvalue weighted by Gasteiger charge is -2.15. The average molecular weight is 217 g/mol. The van der Waals surface area contributed by atoms with Crippen molar-refractivity contribution in [3.63, 3.8) is 0 Å². The fraction of sp³-hybridized carbons (Fsp3) is 0.636. The van der Waals surface area contributed by atoms with Crippen LogP contribution in [0.1, 0.15) is 25.8 Å². The van der Waals surface area contributed by atoms with Crippen molar-refractivity contribution in [2.24, 2.45) is 11.8 Å². The van der Waals surface area contributed by atoms with E-state index in [1.165, 1.54) is 12.0 Å². The van der Waals surface area contributed by atoms with Gasteiger partial charge in [-0.15, -0.1) is 11.6 Å². The van der Waals surface area contributed by atoms with Gasteiger partial charge in [0.2, 0.25) is 0 Å². The molecule has 0 fully saturated rings. The Hall–Kier alpha value is -0.0100. The minimum atomic E-state index is 0.649. The van der Waals surface area contributed by atoms with Crippen molar-refractivity contribution < 1.29 is 0 Å². The Bertz CT molecular complexity index is 216. The maximum Gasteiger partial charge on any atom is 0.0255 e. The molecule has 0 aliphatic carbocycles. The summed E-state index contributed by atoms with van der Waals surface area (Å²) in [5, 5.41) is 4.36. The van der Waals surface area contributed by atoms with Gasteiger partial charge in [0.05, 0.1) is 0 Å². The van der Waals surface area contributed by atoms with Gasteiger partial charge in [-0.2, -0.15) is 11.3 Å². The fourth-order valence-electron chi connectivity index (χ4n) is 1.61. The molecule has 1 rings (SSSR count). The molecule has 74 valence electrons. The van der Waals surface area contributed by atoms with Crippen LogP contribution in [0.2, 0.25) is 0 Å². The predicted octanol–water partition coefficient (Wildman–Crippen LogP) is 4.19. The topological polar surface area (TPSA) is 0 Å². The van der Waals surface area contributed by atoms with Crippen LogP contribution >= 0.6 is 22.9 Å². The van der Waals surface area contributed by atoms with Gasteiger partial charge >= 0.3 is 0 Å². The van der Waals surface area contributed by atoms with Gasteiger partial charge < -0.3 is 0 Å². The van der Waals surface area contributed by atoms with Crippen molar-refractivity contribution >= 4 is 22.9 Å². The number of rotatable bonds is 5. The fourth-order valence-corrected chi connectivity index (χ4v) is 2.53. The normalized spacial score (nSPS) is 13.5. The minimum absolute atomic E-state index is 0.649. The van der Waals surface area contributed by atoms with Crippen LogP contribution in [0.15, 0.2) is 16.8 Å². The quantitative estimate of drug-likeness (QED) is 0.648. The number of hydrogen-bond acceptors (Lipinski definition) is 1. The summed E-state index contributed by atoms with van der Waals surface area (Å²) in [5.41, 5.74) is 1.44. The molecule has 0 aliphatic heterocycles. The van der Waals surface area contributed by atoms with E-state index < -0.39 is 0 Å². The third-order valence-corrected chi connectivity index (χ3v) is 3.30. The minimum Gasteiger partial charge on any atom is -0.152 e. The predicted molar refractivity (Wildman–Crippen MR) is 61.7 cm³/mol. The number of hydrogen-bond donors (Lipinski definition) is 0. The maximum atomic E-state index is 5.93. The first kappa shape index (κ1) is 11.1. The Kier molecular flexibility index (Phi) is 4.82. The molecule has 0 saturated carbocycles. The van der Waals surface area contributed by atoms with E-state index in [0.29, 0.717) is 5.92 Å². The zero-order valence-corrected chi connectivity index (χ0v) is 9.87. The van der Waals surface area contributed by atoms with Gasteiger partial charge in [0.15, 0.2) is 0 Å². The van der Waals surface area contributed by atoms with Crippen molar-refractivity contribution in [1.82, 2.24) is 0 Å². The van der Waals surface area contributed by atoms with Gasteiger partial charge in [0.25, 0.3) is 0 Å². The molecule has 1 heterocycles. The Morgan fingerprint density at radius 3 is 2.69 bits per heavy atom. The van der Waals surface area contributed by atoms with Crippen LogP contribution < -0.4 is 0 Å². The number of thiophene rings is 1. The lowest BCUT2D eigenvalue weighted by molar-refractivity contribution is 0.441. The SMILES string of the molecule is CC(C)CC(CCl)Cc1ccsc1. The van der Waals surface area contributed by atoms with Crippen LogP contribution in [0.25, 0.3) is 0 Å². The first-order valence-electron chi connectivity index (χ1n) is 4.79. The van der Waals surface area contributed by atoms with Gasteiger partial charge in [0, 0.05) is 5.88 Å².